The Morgan fingerprint density at radius 2 is 2.42 bits per heavy atom. The van der Waals surface area contributed by atoms with E-state index in [1.54, 1.807) is 6.20 Å². The van der Waals surface area contributed by atoms with Crippen LogP contribution in [-0.4, -0.2) is 27.5 Å². The van der Waals surface area contributed by atoms with Crippen LogP contribution >= 0.6 is 0 Å². The predicted octanol–water partition coefficient (Wildman–Crippen LogP) is -0.0171. The molecule has 0 aliphatic carbocycles. The molecule has 0 aliphatic rings. The van der Waals surface area contributed by atoms with Crippen LogP contribution < -0.4 is 5.73 Å². The van der Waals surface area contributed by atoms with Crippen molar-refractivity contribution in [3.8, 4) is 0 Å². The summed E-state index contributed by atoms with van der Waals surface area (Å²) in [6.07, 6.45) is 4.96. The smallest absolute Gasteiger partial charge is 0.0663 e. The number of rotatable bonds is 5. The molecule has 4 heteroatoms. The normalized spacial score (nSPS) is 13.2. The molecular formula is C8H15N3O. The average molecular weight is 169 g/mol. The summed E-state index contributed by atoms with van der Waals surface area (Å²) < 4.78 is 1.85. The van der Waals surface area contributed by atoms with Gasteiger partial charge in [0.25, 0.3) is 0 Å². The maximum absolute atomic E-state index is 9.13. The summed E-state index contributed by atoms with van der Waals surface area (Å²) >= 11 is 0. The molecule has 0 saturated heterocycles. The van der Waals surface area contributed by atoms with Gasteiger partial charge in [0, 0.05) is 25.5 Å². The summed E-state index contributed by atoms with van der Waals surface area (Å²) in [6, 6.07) is 1.89. The van der Waals surface area contributed by atoms with Crippen LogP contribution in [0.15, 0.2) is 18.5 Å². The highest BCUT2D eigenvalue weighted by Gasteiger charge is 1.99. The standard InChI is InChI=1S/C8H15N3O/c9-7-8(12)3-1-5-11-6-2-4-10-11/h2,4,6,8,12H,1,3,5,7,9H2. The highest BCUT2D eigenvalue weighted by Crippen LogP contribution is 1.97. The molecule has 1 aromatic rings. The molecule has 1 rings (SSSR count). The van der Waals surface area contributed by atoms with E-state index < -0.39 is 0 Å². The summed E-state index contributed by atoms with van der Waals surface area (Å²) in [5, 5.41) is 13.2. The van der Waals surface area contributed by atoms with Gasteiger partial charge < -0.3 is 10.8 Å². The van der Waals surface area contributed by atoms with E-state index in [-0.39, 0.29) is 6.10 Å². The Balaban J connectivity index is 2.11. The van der Waals surface area contributed by atoms with Gasteiger partial charge in [-0.15, -0.1) is 0 Å². The summed E-state index contributed by atoms with van der Waals surface area (Å²) in [4.78, 5) is 0. The molecule has 0 bridgehead atoms. The third-order valence-corrected chi connectivity index (χ3v) is 1.76. The molecule has 0 aromatic carbocycles. The number of aromatic nitrogens is 2. The Labute approximate surface area is 72.0 Å². The first-order valence-corrected chi connectivity index (χ1v) is 4.18. The summed E-state index contributed by atoms with van der Waals surface area (Å²) in [7, 11) is 0. The SMILES string of the molecule is NCC(O)CCCn1cccn1. The molecule has 4 nitrogen and oxygen atoms in total. The molecule has 12 heavy (non-hydrogen) atoms. The van der Waals surface area contributed by atoms with Crippen molar-refractivity contribution in [3.63, 3.8) is 0 Å². The van der Waals surface area contributed by atoms with Crippen LogP contribution in [0.3, 0.4) is 0 Å². The largest absolute Gasteiger partial charge is 0.392 e. The van der Waals surface area contributed by atoms with Crippen LogP contribution in [-0.2, 0) is 6.54 Å². The molecule has 0 radical (unpaired) electrons. The van der Waals surface area contributed by atoms with Gasteiger partial charge in [0.2, 0.25) is 0 Å². The molecule has 0 fully saturated rings. The van der Waals surface area contributed by atoms with Crippen molar-refractivity contribution in [2.45, 2.75) is 25.5 Å². The molecule has 0 amide bonds. The lowest BCUT2D eigenvalue weighted by Crippen LogP contribution is -2.19. The van der Waals surface area contributed by atoms with E-state index in [0.717, 1.165) is 19.4 Å². The summed E-state index contributed by atoms with van der Waals surface area (Å²) in [5.74, 6) is 0. The predicted molar refractivity (Wildman–Crippen MR) is 46.5 cm³/mol. The van der Waals surface area contributed by atoms with Crippen molar-refractivity contribution in [2.24, 2.45) is 5.73 Å². The molecular weight excluding hydrogens is 154 g/mol. The zero-order valence-corrected chi connectivity index (χ0v) is 7.06. The van der Waals surface area contributed by atoms with Gasteiger partial charge in [-0.05, 0) is 18.9 Å². The Bertz CT molecular complexity index is 198. The fourth-order valence-corrected chi connectivity index (χ4v) is 1.04. The molecule has 1 unspecified atom stereocenters. The lowest BCUT2D eigenvalue weighted by Gasteiger charge is -2.06. The number of aryl methyl sites for hydroxylation is 1. The van der Waals surface area contributed by atoms with E-state index in [1.165, 1.54) is 0 Å². The minimum Gasteiger partial charge on any atom is -0.392 e. The first-order chi connectivity index (χ1) is 5.83. The second-order valence-electron chi connectivity index (χ2n) is 2.80. The van der Waals surface area contributed by atoms with E-state index in [2.05, 4.69) is 5.10 Å². The van der Waals surface area contributed by atoms with Gasteiger partial charge in [0.1, 0.15) is 0 Å². The fourth-order valence-electron chi connectivity index (χ4n) is 1.04. The van der Waals surface area contributed by atoms with Crippen molar-refractivity contribution in [1.29, 1.82) is 0 Å². The zero-order chi connectivity index (χ0) is 8.81. The molecule has 1 aromatic heterocycles. The third kappa shape index (κ3) is 3.02. The van der Waals surface area contributed by atoms with E-state index in [4.69, 9.17) is 10.8 Å². The molecule has 68 valence electrons. The number of nitrogens with zero attached hydrogens (tertiary/aromatic N) is 2. The van der Waals surface area contributed by atoms with Crippen molar-refractivity contribution in [3.05, 3.63) is 18.5 Å². The molecule has 3 N–H and O–H groups in total. The average Bonchev–Trinajstić information content (AvgIpc) is 2.57. The van der Waals surface area contributed by atoms with Crippen molar-refractivity contribution in [2.75, 3.05) is 6.54 Å². The van der Waals surface area contributed by atoms with Crippen LogP contribution in [0.1, 0.15) is 12.8 Å². The minimum absolute atomic E-state index is 0.346. The van der Waals surface area contributed by atoms with E-state index in [1.807, 2.05) is 16.9 Å². The molecule has 0 saturated carbocycles. The second kappa shape index (κ2) is 4.90. The lowest BCUT2D eigenvalue weighted by molar-refractivity contribution is 0.167. The highest BCUT2D eigenvalue weighted by atomic mass is 16.3. The van der Waals surface area contributed by atoms with Gasteiger partial charge in [-0.1, -0.05) is 0 Å². The summed E-state index contributed by atoms with van der Waals surface area (Å²) in [5.41, 5.74) is 5.26. The van der Waals surface area contributed by atoms with Crippen LogP contribution in [0.5, 0.6) is 0 Å². The monoisotopic (exact) mass is 169 g/mol. The van der Waals surface area contributed by atoms with Crippen molar-refractivity contribution >= 4 is 0 Å². The van der Waals surface area contributed by atoms with Crippen LogP contribution in [0.4, 0.5) is 0 Å². The fraction of sp³-hybridized carbons (Fsp3) is 0.625. The number of hydrogen-bond donors (Lipinski definition) is 2. The van der Waals surface area contributed by atoms with Gasteiger partial charge in [-0.3, -0.25) is 4.68 Å². The quantitative estimate of drug-likeness (QED) is 0.651. The van der Waals surface area contributed by atoms with E-state index in [0.29, 0.717) is 6.54 Å². The molecule has 0 spiro atoms. The second-order valence-corrected chi connectivity index (χ2v) is 2.80. The Morgan fingerprint density at radius 1 is 1.58 bits per heavy atom. The number of aliphatic hydroxyl groups excluding tert-OH is 1. The van der Waals surface area contributed by atoms with Gasteiger partial charge in [0.15, 0.2) is 0 Å². The van der Waals surface area contributed by atoms with Crippen LogP contribution in [0, 0.1) is 0 Å². The van der Waals surface area contributed by atoms with Crippen LogP contribution in [0.2, 0.25) is 0 Å². The first-order valence-electron chi connectivity index (χ1n) is 4.18. The molecule has 0 aliphatic heterocycles. The van der Waals surface area contributed by atoms with Gasteiger partial charge >= 0.3 is 0 Å². The Morgan fingerprint density at radius 3 is 3.00 bits per heavy atom. The maximum atomic E-state index is 9.13. The van der Waals surface area contributed by atoms with E-state index in [9.17, 15) is 0 Å². The molecule has 1 atom stereocenters. The number of aliphatic hydroxyl groups is 1. The van der Waals surface area contributed by atoms with Crippen molar-refractivity contribution in [1.82, 2.24) is 9.78 Å². The Hall–Kier alpha value is -0.870. The van der Waals surface area contributed by atoms with Gasteiger partial charge in [-0.25, -0.2) is 0 Å². The minimum atomic E-state index is -0.361. The highest BCUT2D eigenvalue weighted by molar-refractivity contribution is 4.77. The van der Waals surface area contributed by atoms with Crippen LogP contribution in [0.25, 0.3) is 0 Å². The van der Waals surface area contributed by atoms with E-state index >= 15 is 0 Å². The maximum Gasteiger partial charge on any atom is 0.0663 e. The first kappa shape index (κ1) is 9.22. The third-order valence-electron chi connectivity index (χ3n) is 1.76. The lowest BCUT2D eigenvalue weighted by atomic mass is 10.2. The van der Waals surface area contributed by atoms with Gasteiger partial charge in [-0.2, -0.15) is 5.10 Å². The summed E-state index contributed by atoms with van der Waals surface area (Å²) in [6.45, 7) is 1.20. The van der Waals surface area contributed by atoms with Crippen molar-refractivity contribution < 1.29 is 5.11 Å². The topological polar surface area (TPSA) is 64.1 Å². The molecule has 1 heterocycles. The zero-order valence-electron chi connectivity index (χ0n) is 7.06. The number of hydrogen-bond acceptors (Lipinski definition) is 3. The van der Waals surface area contributed by atoms with Gasteiger partial charge in [0.05, 0.1) is 6.10 Å². The number of nitrogens with two attached hydrogens (primary N) is 1. The Kier molecular flexibility index (Phi) is 3.76.